The third kappa shape index (κ3) is 3.54. The van der Waals surface area contributed by atoms with Gasteiger partial charge in [-0.05, 0) is 6.07 Å². The first-order valence-corrected chi connectivity index (χ1v) is 6.95. The molecule has 0 unspecified atom stereocenters. The van der Waals surface area contributed by atoms with Gasteiger partial charge in [0, 0.05) is 26.4 Å². The molecule has 0 atom stereocenters. The number of carbonyl (C=O) groups excluding carboxylic acids is 1. The van der Waals surface area contributed by atoms with Crippen LogP contribution in [0.15, 0.2) is 28.1 Å². The van der Waals surface area contributed by atoms with E-state index >= 15 is 0 Å². The average Bonchev–Trinajstić information content (AvgIpc) is 2.38. The van der Waals surface area contributed by atoms with E-state index in [0.717, 1.165) is 13.3 Å². The fourth-order valence-electron chi connectivity index (χ4n) is 1.40. The van der Waals surface area contributed by atoms with Crippen molar-refractivity contribution in [1.29, 1.82) is 0 Å². The number of rotatable bonds is 4. The van der Waals surface area contributed by atoms with Crippen LogP contribution in [0.25, 0.3) is 0 Å². The second kappa shape index (κ2) is 6.17. The van der Waals surface area contributed by atoms with Crippen molar-refractivity contribution in [3.63, 3.8) is 0 Å². The van der Waals surface area contributed by atoms with Gasteiger partial charge in [0.25, 0.3) is 0 Å². The summed E-state index contributed by atoms with van der Waals surface area (Å²) in [5.74, 6) is -5.86. The first kappa shape index (κ1) is 17.0. The van der Waals surface area contributed by atoms with E-state index in [4.69, 9.17) is 0 Å². The maximum absolute atomic E-state index is 13.6. The van der Waals surface area contributed by atoms with E-state index in [2.05, 4.69) is 4.74 Å². The molecular formula is C12H12F3NO4S. The lowest BCUT2D eigenvalue weighted by Crippen LogP contribution is -2.20. The number of methoxy groups -OCH3 is 1. The van der Waals surface area contributed by atoms with E-state index < -0.39 is 43.1 Å². The third-order valence-electron chi connectivity index (χ3n) is 2.32. The van der Waals surface area contributed by atoms with Gasteiger partial charge < -0.3 is 9.64 Å². The molecule has 1 aromatic carbocycles. The summed E-state index contributed by atoms with van der Waals surface area (Å²) in [6, 6.07) is 0.263. The summed E-state index contributed by atoms with van der Waals surface area (Å²) in [6.45, 7) is 0. The van der Waals surface area contributed by atoms with E-state index in [1.807, 2.05) is 0 Å². The molecule has 0 aliphatic heterocycles. The fourth-order valence-corrected chi connectivity index (χ4v) is 2.86. The molecule has 116 valence electrons. The molecule has 0 aliphatic carbocycles. The molecule has 0 aliphatic rings. The Kier molecular flexibility index (Phi) is 5.00. The Bertz CT molecular complexity index is 699. The summed E-state index contributed by atoms with van der Waals surface area (Å²) in [5, 5.41) is 0. The predicted octanol–water partition coefficient (Wildman–Crippen LogP) is 1.45. The first-order chi connectivity index (χ1) is 9.61. The van der Waals surface area contributed by atoms with Gasteiger partial charge in [-0.1, -0.05) is 0 Å². The number of halogens is 3. The topological polar surface area (TPSA) is 63.7 Å². The van der Waals surface area contributed by atoms with Gasteiger partial charge in [-0.25, -0.2) is 26.4 Å². The van der Waals surface area contributed by atoms with Crippen LogP contribution in [0.3, 0.4) is 0 Å². The highest BCUT2D eigenvalue weighted by Gasteiger charge is 2.32. The molecule has 1 rings (SSSR count). The lowest BCUT2D eigenvalue weighted by atomic mass is 10.3. The summed E-state index contributed by atoms with van der Waals surface area (Å²) >= 11 is 0. The monoisotopic (exact) mass is 323 g/mol. The molecule has 0 radical (unpaired) electrons. The van der Waals surface area contributed by atoms with Crippen molar-refractivity contribution < 1.29 is 31.1 Å². The van der Waals surface area contributed by atoms with Crippen molar-refractivity contribution in [1.82, 2.24) is 4.90 Å². The Morgan fingerprint density at radius 1 is 1.14 bits per heavy atom. The summed E-state index contributed by atoms with van der Waals surface area (Å²) in [7, 11) is -0.947. The van der Waals surface area contributed by atoms with Crippen LogP contribution in [0.2, 0.25) is 0 Å². The van der Waals surface area contributed by atoms with Crippen LogP contribution in [-0.2, 0) is 19.4 Å². The normalized spacial score (nSPS) is 12.2. The molecular weight excluding hydrogens is 311 g/mol. The van der Waals surface area contributed by atoms with Crippen molar-refractivity contribution in [3.8, 4) is 0 Å². The number of carbonyl (C=O) groups is 1. The molecule has 0 fully saturated rings. The molecule has 1 aromatic rings. The molecule has 0 heterocycles. The molecule has 0 amide bonds. The summed E-state index contributed by atoms with van der Waals surface area (Å²) < 4.78 is 68.4. The van der Waals surface area contributed by atoms with E-state index in [1.165, 1.54) is 19.0 Å². The number of ether oxygens (including phenoxy) is 1. The van der Waals surface area contributed by atoms with Crippen molar-refractivity contribution in [2.45, 2.75) is 4.90 Å². The van der Waals surface area contributed by atoms with Crippen LogP contribution in [0.4, 0.5) is 13.2 Å². The van der Waals surface area contributed by atoms with Crippen molar-refractivity contribution in [2.75, 3.05) is 21.2 Å². The van der Waals surface area contributed by atoms with Crippen LogP contribution in [-0.4, -0.2) is 40.5 Å². The number of esters is 1. The number of benzene rings is 1. The fraction of sp³-hybridized carbons (Fsp3) is 0.250. The average molecular weight is 323 g/mol. The zero-order chi connectivity index (χ0) is 16.4. The number of hydrogen-bond donors (Lipinski definition) is 0. The molecule has 21 heavy (non-hydrogen) atoms. The van der Waals surface area contributed by atoms with Crippen LogP contribution >= 0.6 is 0 Å². The zero-order valence-corrected chi connectivity index (χ0v) is 12.2. The summed E-state index contributed by atoms with van der Waals surface area (Å²) in [5.41, 5.74) is 0. The smallest absolute Gasteiger partial charge is 0.351 e. The van der Waals surface area contributed by atoms with Crippen LogP contribution in [0.1, 0.15) is 0 Å². The molecule has 0 spiro atoms. The van der Waals surface area contributed by atoms with Crippen molar-refractivity contribution in [3.05, 3.63) is 40.7 Å². The maximum atomic E-state index is 13.6. The molecule has 0 saturated heterocycles. The van der Waals surface area contributed by atoms with E-state index in [1.54, 1.807) is 0 Å². The Balaban J connectivity index is 3.58. The standard InChI is InChI=1S/C12H12F3NO4S/c1-16(2)6-11(12(17)20-3)21(18,19)10-5-8(14)7(13)4-9(10)15/h4-6H,1-3H3/b11-6-. The van der Waals surface area contributed by atoms with Crippen LogP contribution in [0, 0.1) is 17.5 Å². The van der Waals surface area contributed by atoms with Gasteiger partial charge in [0.15, 0.2) is 16.5 Å². The van der Waals surface area contributed by atoms with Gasteiger partial charge in [-0.3, -0.25) is 0 Å². The molecule has 0 aromatic heterocycles. The zero-order valence-electron chi connectivity index (χ0n) is 11.4. The van der Waals surface area contributed by atoms with Crippen LogP contribution < -0.4 is 0 Å². The molecule has 0 bridgehead atoms. The highest BCUT2D eigenvalue weighted by atomic mass is 32.2. The molecule has 9 heteroatoms. The largest absolute Gasteiger partial charge is 0.465 e. The van der Waals surface area contributed by atoms with Crippen LogP contribution in [0.5, 0.6) is 0 Å². The minimum atomic E-state index is -4.71. The van der Waals surface area contributed by atoms with E-state index in [0.29, 0.717) is 0 Å². The Morgan fingerprint density at radius 2 is 1.67 bits per heavy atom. The Hall–Kier alpha value is -2.03. The maximum Gasteiger partial charge on any atom is 0.351 e. The van der Waals surface area contributed by atoms with E-state index in [-0.39, 0.29) is 12.1 Å². The minimum Gasteiger partial charge on any atom is -0.465 e. The van der Waals surface area contributed by atoms with Crippen molar-refractivity contribution >= 4 is 15.8 Å². The number of hydrogen-bond acceptors (Lipinski definition) is 5. The summed E-state index contributed by atoms with van der Waals surface area (Å²) in [4.78, 5) is 10.7. The SMILES string of the molecule is COC(=O)/C(=C/N(C)C)S(=O)(=O)c1cc(F)c(F)cc1F. The van der Waals surface area contributed by atoms with Gasteiger partial charge in [-0.15, -0.1) is 0 Å². The quantitative estimate of drug-likeness (QED) is 0.363. The molecule has 0 saturated carbocycles. The number of nitrogens with zero attached hydrogens (tertiary/aromatic N) is 1. The van der Waals surface area contributed by atoms with Crippen molar-refractivity contribution in [2.24, 2.45) is 0 Å². The lowest BCUT2D eigenvalue weighted by Gasteiger charge is -2.12. The minimum absolute atomic E-state index is 0.0901. The van der Waals surface area contributed by atoms with Gasteiger partial charge in [0.05, 0.1) is 7.11 Å². The predicted molar refractivity (Wildman–Crippen MR) is 67.3 cm³/mol. The highest BCUT2D eigenvalue weighted by Crippen LogP contribution is 2.25. The highest BCUT2D eigenvalue weighted by molar-refractivity contribution is 7.96. The Labute approximate surface area is 119 Å². The van der Waals surface area contributed by atoms with Gasteiger partial charge in [-0.2, -0.15) is 0 Å². The van der Waals surface area contributed by atoms with E-state index in [9.17, 15) is 26.4 Å². The second-order valence-corrected chi connectivity index (χ2v) is 6.04. The lowest BCUT2D eigenvalue weighted by molar-refractivity contribution is -0.135. The third-order valence-corrected chi connectivity index (χ3v) is 4.06. The van der Waals surface area contributed by atoms with Gasteiger partial charge in [0.2, 0.25) is 9.84 Å². The number of sulfone groups is 1. The molecule has 5 nitrogen and oxygen atoms in total. The van der Waals surface area contributed by atoms with Gasteiger partial charge >= 0.3 is 5.97 Å². The molecule has 0 N–H and O–H groups in total. The summed E-state index contributed by atoms with van der Waals surface area (Å²) in [6.07, 6.45) is 0.877. The Morgan fingerprint density at radius 3 is 2.14 bits per heavy atom. The first-order valence-electron chi connectivity index (χ1n) is 5.47. The second-order valence-electron chi connectivity index (χ2n) is 4.15. The van der Waals surface area contributed by atoms with Gasteiger partial charge in [0.1, 0.15) is 10.7 Å².